The number of carbonyl (C=O) groups is 1. The number of rotatable bonds is 7. The molecule has 2 aromatic carbocycles. The van der Waals surface area contributed by atoms with Crippen LogP contribution in [-0.2, 0) is 12.8 Å². The van der Waals surface area contributed by atoms with Crippen LogP contribution in [0.4, 0.5) is 0 Å². The Morgan fingerprint density at radius 2 is 1.72 bits per heavy atom. The second-order valence-corrected chi connectivity index (χ2v) is 11.8. The van der Waals surface area contributed by atoms with E-state index in [0.29, 0.717) is 10.7 Å². The molecule has 39 heavy (non-hydrogen) atoms. The molecule has 0 bridgehead atoms. The molecule has 0 aliphatic heterocycles. The third-order valence-corrected chi connectivity index (χ3v) is 9.49. The van der Waals surface area contributed by atoms with E-state index in [9.17, 15) is 9.59 Å². The Morgan fingerprint density at radius 3 is 2.46 bits per heavy atom. The molecule has 0 unspecified atom stereocenters. The molecule has 0 radical (unpaired) electrons. The van der Waals surface area contributed by atoms with Crippen LogP contribution in [-0.4, -0.2) is 32.8 Å². The van der Waals surface area contributed by atoms with E-state index in [1.54, 1.807) is 23.0 Å². The molecule has 0 saturated carbocycles. The molecule has 0 N–H and O–H groups in total. The van der Waals surface area contributed by atoms with E-state index in [1.165, 1.54) is 22.2 Å². The van der Waals surface area contributed by atoms with E-state index in [4.69, 9.17) is 9.72 Å². The number of ketones is 1. The number of para-hydroxylation sites is 1. The molecule has 198 valence electrons. The molecule has 8 heteroatoms. The van der Waals surface area contributed by atoms with Gasteiger partial charge in [-0.25, -0.2) is 4.98 Å². The highest BCUT2D eigenvalue weighted by Gasteiger charge is 2.24. The Kier molecular flexibility index (Phi) is 6.91. The summed E-state index contributed by atoms with van der Waals surface area (Å²) in [4.78, 5) is 34.5. The third-order valence-electron chi connectivity index (χ3n) is 7.37. The predicted octanol–water partition coefficient (Wildman–Crippen LogP) is 6.72. The Bertz CT molecular complexity index is 1750. The number of aryl methyl sites for hydroxylation is 3. The summed E-state index contributed by atoms with van der Waals surface area (Å²) in [6.45, 7) is 3.97. The summed E-state index contributed by atoms with van der Waals surface area (Å²) in [5.41, 5.74) is 5.41. The van der Waals surface area contributed by atoms with Crippen molar-refractivity contribution < 1.29 is 9.53 Å². The number of methoxy groups -OCH3 is 1. The molecular weight excluding hydrogens is 526 g/mol. The fourth-order valence-corrected chi connectivity index (χ4v) is 7.67. The fourth-order valence-electron chi connectivity index (χ4n) is 5.47. The van der Waals surface area contributed by atoms with Gasteiger partial charge < -0.3 is 9.30 Å². The van der Waals surface area contributed by atoms with Gasteiger partial charge in [-0.1, -0.05) is 30.0 Å². The summed E-state index contributed by atoms with van der Waals surface area (Å²) >= 11 is 2.96. The summed E-state index contributed by atoms with van der Waals surface area (Å²) in [5, 5.41) is 1.30. The zero-order valence-electron chi connectivity index (χ0n) is 22.2. The number of carbonyl (C=O) groups excluding carboxylic acids is 1. The lowest BCUT2D eigenvalue weighted by Gasteiger charge is -2.13. The van der Waals surface area contributed by atoms with Crippen LogP contribution >= 0.6 is 23.1 Å². The minimum Gasteiger partial charge on any atom is -0.497 e. The average Bonchev–Trinajstić information content (AvgIpc) is 3.48. The third kappa shape index (κ3) is 4.61. The number of hydrogen-bond donors (Lipinski definition) is 0. The van der Waals surface area contributed by atoms with E-state index in [-0.39, 0.29) is 17.1 Å². The van der Waals surface area contributed by atoms with Crippen LogP contribution in [0.5, 0.6) is 5.75 Å². The second kappa shape index (κ2) is 10.5. The van der Waals surface area contributed by atoms with Crippen LogP contribution < -0.4 is 10.3 Å². The monoisotopic (exact) mass is 555 g/mol. The highest BCUT2D eigenvalue weighted by molar-refractivity contribution is 7.99. The highest BCUT2D eigenvalue weighted by Crippen LogP contribution is 2.35. The van der Waals surface area contributed by atoms with Gasteiger partial charge in [0, 0.05) is 27.5 Å². The lowest BCUT2D eigenvalue weighted by molar-refractivity contribution is 0.102. The fraction of sp³-hybridized carbons (Fsp3) is 0.258. The minimum absolute atomic E-state index is 0.00675. The van der Waals surface area contributed by atoms with Crippen molar-refractivity contribution in [2.24, 2.45) is 0 Å². The Labute approximate surface area is 235 Å². The first-order chi connectivity index (χ1) is 19.0. The summed E-state index contributed by atoms with van der Waals surface area (Å²) in [6.07, 6.45) is 4.18. The summed E-state index contributed by atoms with van der Waals surface area (Å²) in [7, 11) is 1.65. The molecule has 1 aliphatic carbocycles. The van der Waals surface area contributed by atoms with E-state index < -0.39 is 0 Å². The number of nitrogens with zero attached hydrogens (tertiary/aromatic N) is 3. The largest absolute Gasteiger partial charge is 0.497 e. The van der Waals surface area contributed by atoms with Gasteiger partial charge in [-0.15, -0.1) is 11.3 Å². The summed E-state index contributed by atoms with van der Waals surface area (Å²) in [6, 6.07) is 19.4. The quantitative estimate of drug-likeness (QED) is 0.127. The minimum atomic E-state index is -0.0433. The van der Waals surface area contributed by atoms with Gasteiger partial charge in [-0.05, 0) is 87.6 Å². The molecule has 6 nitrogen and oxygen atoms in total. The number of fused-ring (bicyclic) bond motifs is 3. The van der Waals surface area contributed by atoms with Crippen LogP contribution in [0.15, 0.2) is 70.6 Å². The van der Waals surface area contributed by atoms with Crippen molar-refractivity contribution in [3.05, 3.63) is 98.4 Å². The number of ether oxygens (including phenoxy) is 1. The van der Waals surface area contributed by atoms with Crippen molar-refractivity contribution in [1.29, 1.82) is 0 Å². The lowest BCUT2D eigenvalue weighted by Crippen LogP contribution is -2.22. The van der Waals surface area contributed by atoms with Crippen molar-refractivity contribution in [2.75, 3.05) is 12.9 Å². The van der Waals surface area contributed by atoms with Crippen molar-refractivity contribution in [2.45, 2.75) is 44.7 Å². The van der Waals surface area contributed by atoms with E-state index in [0.717, 1.165) is 64.4 Å². The van der Waals surface area contributed by atoms with Crippen LogP contribution in [0.3, 0.4) is 0 Å². The maximum absolute atomic E-state index is 13.9. The molecule has 0 atom stereocenters. The average molecular weight is 556 g/mol. The molecule has 1 aliphatic rings. The Morgan fingerprint density at radius 1 is 1.00 bits per heavy atom. The summed E-state index contributed by atoms with van der Waals surface area (Å²) < 4.78 is 9.05. The molecule has 0 fully saturated rings. The zero-order chi connectivity index (χ0) is 27.1. The Hall–Kier alpha value is -3.62. The number of hydrogen-bond acceptors (Lipinski definition) is 6. The number of thioether (sulfide) groups is 1. The van der Waals surface area contributed by atoms with Gasteiger partial charge in [0.2, 0.25) is 0 Å². The molecule has 5 aromatic rings. The van der Waals surface area contributed by atoms with Crippen molar-refractivity contribution >= 4 is 39.1 Å². The number of aromatic nitrogens is 3. The topological polar surface area (TPSA) is 66.1 Å². The molecule has 0 amide bonds. The number of Topliss-reactive ketones (excluding diaryl/α,β-unsaturated/α-hetero) is 1. The van der Waals surface area contributed by atoms with Crippen molar-refractivity contribution in [3.8, 4) is 17.1 Å². The molecular formula is C31H29N3O3S2. The maximum Gasteiger partial charge on any atom is 0.267 e. The predicted molar refractivity (Wildman–Crippen MR) is 159 cm³/mol. The second-order valence-electron chi connectivity index (χ2n) is 9.79. The normalized spacial score (nSPS) is 13.0. The van der Waals surface area contributed by atoms with Crippen LogP contribution in [0.2, 0.25) is 0 Å². The molecule has 0 spiro atoms. The highest BCUT2D eigenvalue weighted by atomic mass is 32.2. The zero-order valence-corrected chi connectivity index (χ0v) is 23.8. The van der Waals surface area contributed by atoms with Crippen molar-refractivity contribution in [3.63, 3.8) is 0 Å². The van der Waals surface area contributed by atoms with E-state index in [1.807, 2.05) is 74.5 Å². The SMILES string of the molecule is COc1ccc(-n2c(C)cc(C(=O)CSc3nc4sc5c(c4c(=O)n3-c3ccccc3)CCCC5)c2C)cc1. The van der Waals surface area contributed by atoms with E-state index >= 15 is 0 Å². The summed E-state index contributed by atoms with van der Waals surface area (Å²) in [5.74, 6) is 0.977. The molecule has 0 saturated heterocycles. The number of benzene rings is 2. The molecule has 3 heterocycles. The van der Waals surface area contributed by atoms with E-state index in [2.05, 4.69) is 4.57 Å². The van der Waals surface area contributed by atoms with Gasteiger partial charge >= 0.3 is 0 Å². The van der Waals surface area contributed by atoms with Crippen molar-refractivity contribution in [1.82, 2.24) is 14.1 Å². The molecule has 3 aromatic heterocycles. The van der Waals surface area contributed by atoms with Crippen LogP contribution in [0.25, 0.3) is 21.6 Å². The first-order valence-corrected chi connectivity index (χ1v) is 14.9. The van der Waals surface area contributed by atoms with Gasteiger partial charge in [0.25, 0.3) is 5.56 Å². The maximum atomic E-state index is 13.9. The van der Waals surface area contributed by atoms with Gasteiger partial charge in [0.1, 0.15) is 10.6 Å². The lowest BCUT2D eigenvalue weighted by atomic mass is 9.97. The first kappa shape index (κ1) is 25.6. The number of thiophene rings is 1. The van der Waals surface area contributed by atoms with Crippen LogP contribution in [0, 0.1) is 13.8 Å². The standard InChI is InChI=1S/C31H29N3O3S2/c1-19-17-25(20(2)33(19)22-13-15-23(37-3)16-14-22)26(35)18-38-31-32-29-28(24-11-7-8-12-27(24)39-29)30(36)34(31)21-9-5-4-6-10-21/h4-6,9-10,13-17H,7-8,11-12,18H2,1-3H3. The first-order valence-electron chi connectivity index (χ1n) is 13.1. The van der Waals surface area contributed by atoms with Gasteiger partial charge in [-0.2, -0.15) is 0 Å². The van der Waals surface area contributed by atoms with Gasteiger partial charge in [0.05, 0.1) is 23.9 Å². The van der Waals surface area contributed by atoms with Gasteiger partial charge in [0.15, 0.2) is 10.9 Å². The Balaban J connectivity index is 1.35. The van der Waals surface area contributed by atoms with Crippen LogP contribution in [0.1, 0.15) is 45.0 Å². The van der Waals surface area contributed by atoms with Gasteiger partial charge in [-0.3, -0.25) is 14.2 Å². The molecule has 6 rings (SSSR count). The smallest absolute Gasteiger partial charge is 0.267 e.